The van der Waals surface area contributed by atoms with Gasteiger partial charge in [0.15, 0.2) is 5.79 Å². The SMILES string of the molecule is Cc1ccccc1C1=CC=CC(OCCCNCC(O)CO)(OCCCN2CCC[C@H](C(=O)O)C2)C1C. The number of nitrogens with zero attached hydrogens (tertiary/aromatic N) is 1. The van der Waals surface area contributed by atoms with Crippen LogP contribution >= 0.6 is 0 Å². The summed E-state index contributed by atoms with van der Waals surface area (Å²) in [5.74, 6) is -1.92. The number of piperidine rings is 1. The zero-order chi connectivity index (χ0) is 26.7. The lowest BCUT2D eigenvalue weighted by Crippen LogP contribution is -2.44. The first-order valence-corrected chi connectivity index (χ1v) is 13.5. The smallest absolute Gasteiger partial charge is 0.307 e. The van der Waals surface area contributed by atoms with Crippen LogP contribution in [0, 0.1) is 18.8 Å². The van der Waals surface area contributed by atoms with Gasteiger partial charge in [0.1, 0.15) is 0 Å². The molecule has 2 aliphatic rings. The summed E-state index contributed by atoms with van der Waals surface area (Å²) in [5.41, 5.74) is 3.56. The number of aliphatic hydroxyl groups is 2. The van der Waals surface area contributed by atoms with E-state index in [1.54, 1.807) is 0 Å². The molecule has 206 valence electrons. The number of carbonyl (C=O) groups is 1. The minimum Gasteiger partial charge on any atom is -0.481 e. The zero-order valence-electron chi connectivity index (χ0n) is 22.3. The highest BCUT2D eigenvalue weighted by Gasteiger charge is 2.40. The second kappa shape index (κ2) is 14.8. The molecule has 4 N–H and O–H groups in total. The van der Waals surface area contributed by atoms with Crippen LogP contribution in [0.3, 0.4) is 0 Å². The van der Waals surface area contributed by atoms with Gasteiger partial charge in [-0.2, -0.15) is 0 Å². The molecular formula is C29H44N2O6. The number of hydrogen-bond donors (Lipinski definition) is 4. The Balaban J connectivity index is 1.60. The summed E-state index contributed by atoms with van der Waals surface area (Å²) in [5, 5.41) is 31.0. The minimum absolute atomic E-state index is 0.0332. The van der Waals surface area contributed by atoms with Crippen LogP contribution in [-0.2, 0) is 14.3 Å². The molecular weight excluding hydrogens is 472 g/mol. The molecule has 0 spiro atoms. The van der Waals surface area contributed by atoms with Crippen molar-refractivity contribution in [2.75, 3.05) is 52.5 Å². The molecule has 1 heterocycles. The maximum atomic E-state index is 11.4. The third-order valence-corrected chi connectivity index (χ3v) is 7.35. The van der Waals surface area contributed by atoms with Crippen molar-refractivity contribution in [1.29, 1.82) is 0 Å². The zero-order valence-corrected chi connectivity index (χ0v) is 22.3. The van der Waals surface area contributed by atoms with Crippen molar-refractivity contribution in [3.8, 4) is 0 Å². The first-order chi connectivity index (χ1) is 17.9. The van der Waals surface area contributed by atoms with Crippen LogP contribution in [-0.4, -0.2) is 90.6 Å². The number of carboxylic acids is 1. The number of hydrogen-bond acceptors (Lipinski definition) is 7. The summed E-state index contributed by atoms with van der Waals surface area (Å²) in [6.07, 6.45) is 8.59. The van der Waals surface area contributed by atoms with Crippen LogP contribution < -0.4 is 5.32 Å². The maximum absolute atomic E-state index is 11.4. The number of aliphatic hydroxyl groups excluding tert-OH is 2. The topological polar surface area (TPSA) is 111 Å². The molecule has 0 aromatic heterocycles. The molecule has 0 radical (unpaired) electrons. The Kier molecular flexibility index (Phi) is 11.8. The second-order valence-corrected chi connectivity index (χ2v) is 10.2. The standard InChI is InChI=1S/C29H44N2O6/c1-22-9-3-4-11-26(22)27-12-5-13-29(23(27)2,36-17-7-14-30-19-25(33)21-32)37-18-8-16-31-15-6-10-24(20-31)28(34)35/h3-5,9,11-13,23-25,30,32-33H,6-8,10,14-21H2,1-2H3,(H,34,35)/t23?,24-,25?,29?/m0/s1. The summed E-state index contributed by atoms with van der Waals surface area (Å²) in [7, 11) is 0. The Labute approximate surface area is 221 Å². The first kappa shape index (κ1) is 29.5. The van der Waals surface area contributed by atoms with E-state index in [4.69, 9.17) is 14.6 Å². The van der Waals surface area contributed by atoms with Gasteiger partial charge in [0.05, 0.1) is 31.8 Å². The van der Waals surface area contributed by atoms with E-state index >= 15 is 0 Å². The molecule has 37 heavy (non-hydrogen) atoms. The van der Waals surface area contributed by atoms with Gasteiger partial charge in [-0.15, -0.1) is 0 Å². The summed E-state index contributed by atoms with van der Waals surface area (Å²) < 4.78 is 13.0. The van der Waals surface area contributed by atoms with Crippen molar-refractivity contribution in [3.63, 3.8) is 0 Å². The third kappa shape index (κ3) is 8.46. The fraction of sp³-hybridized carbons (Fsp3) is 0.621. The lowest BCUT2D eigenvalue weighted by atomic mass is 9.82. The minimum atomic E-state index is -0.900. The highest BCUT2D eigenvalue weighted by molar-refractivity contribution is 5.73. The van der Waals surface area contributed by atoms with Crippen LogP contribution in [0.2, 0.25) is 0 Å². The number of ether oxygens (including phenoxy) is 2. The molecule has 3 unspecified atom stereocenters. The number of aryl methyl sites for hydroxylation is 1. The molecule has 1 aromatic carbocycles. The van der Waals surface area contributed by atoms with E-state index < -0.39 is 17.9 Å². The number of carboxylic acid groups (broad SMARTS) is 1. The molecule has 1 aliphatic carbocycles. The van der Waals surface area contributed by atoms with Crippen LogP contribution in [0.4, 0.5) is 0 Å². The highest BCUT2D eigenvalue weighted by atomic mass is 16.7. The van der Waals surface area contributed by atoms with E-state index in [0.29, 0.717) is 32.8 Å². The van der Waals surface area contributed by atoms with E-state index in [-0.39, 0.29) is 18.4 Å². The average Bonchev–Trinajstić information content (AvgIpc) is 2.90. The fourth-order valence-electron chi connectivity index (χ4n) is 5.14. The maximum Gasteiger partial charge on any atom is 0.307 e. The van der Waals surface area contributed by atoms with E-state index in [0.717, 1.165) is 38.8 Å². The number of rotatable bonds is 15. The van der Waals surface area contributed by atoms with Gasteiger partial charge in [-0.25, -0.2) is 0 Å². The number of benzene rings is 1. The number of nitrogens with one attached hydrogen (secondary N) is 1. The van der Waals surface area contributed by atoms with E-state index in [2.05, 4.69) is 42.3 Å². The largest absolute Gasteiger partial charge is 0.481 e. The molecule has 1 saturated heterocycles. The van der Waals surface area contributed by atoms with Crippen molar-refractivity contribution in [1.82, 2.24) is 10.2 Å². The molecule has 1 aliphatic heterocycles. The Morgan fingerprint density at radius 3 is 2.73 bits per heavy atom. The fourth-order valence-corrected chi connectivity index (χ4v) is 5.14. The molecule has 1 fully saturated rings. The quantitative estimate of drug-likeness (QED) is 0.208. The molecule has 8 nitrogen and oxygen atoms in total. The van der Waals surface area contributed by atoms with Crippen molar-refractivity contribution < 1.29 is 29.6 Å². The van der Waals surface area contributed by atoms with Gasteiger partial charge >= 0.3 is 5.97 Å². The van der Waals surface area contributed by atoms with Gasteiger partial charge in [-0.1, -0.05) is 43.3 Å². The van der Waals surface area contributed by atoms with E-state index in [1.807, 2.05) is 24.3 Å². The van der Waals surface area contributed by atoms with Crippen LogP contribution in [0.5, 0.6) is 0 Å². The van der Waals surface area contributed by atoms with Crippen LogP contribution in [0.1, 0.15) is 43.7 Å². The Morgan fingerprint density at radius 1 is 1.24 bits per heavy atom. The number of likely N-dealkylation sites (tertiary alicyclic amines) is 1. The Morgan fingerprint density at radius 2 is 2.00 bits per heavy atom. The molecule has 0 bridgehead atoms. The molecule has 8 heteroatoms. The van der Waals surface area contributed by atoms with Crippen molar-refractivity contribution >= 4 is 11.5 Å². The van der Waals surface area contributed by atoms with Gasteiger partial charge in [-0.05, 0) is 68.5 Å². The van der Waals surface area contributed by atoms with Gasteiger partial charge in [0, 0.05) is 25.6 Å². The summed E-state index contributed by atoms with van der Waals surface area (Å²) in [6.45, 7) is 8.31. The predicted octanol–water partition coefficient (Wildman–Crippen LogP) is 2.83. The van der Waals surface area contributed by atoms with Gasteiger partial charge in [0.25, 0.3) is 0 Å². The first-order valence-electron chi connectivity index (χ1n) is 13.5. The van der Waals surface area contributed by atoms with Crippen molar-refractivity contribution in [3.05, 3.63) is 53.6 Å². The van der Waals surface area contributed by atoms with Gasteiger partial charge < -0.3 is 35.0 Å². The molecule has 3 rings (SSSR count). The normalized spacial score (nSPS) is 25.1. The summed E-state index contributed by atoms with van der Waals surface area (Å²) in [6, 6.07) is 8.33. The molecule has 0 saturated carbocycles. The Bertz CT molecular complexity index is 919. The van der Waals surface area contributed by atoms with Gasteiger partial charge in [0.2, 0.25) is 0 Å². The lowest BCUT2D eigenvalue weighted by Gasteiger charge is -2.40. The third-order valence-electron chi connectivity index (χ3n) is 7.35. The lowest BCUT2D eigenvalue weighted by molar-refractivity contribution is -0.223. The Hall–Kier alpha value is -2.07. The number of allylic oxidation sites excluding steroid dienone is 2. The van der Waals surface area contributed by atoms with Crippen LogP contribution in [0.15, 0.2) is 42.5 Å². The van der Waals surface area contributed by atoms with Crippen LogP contribution in [0.25, 0.3) is 5.57 Å². The predicted molar refractivity (Wildman–Crippen MR) is 144 cm³/mol. The molecule has 0 amide bonds. The second-order valence-electron chi connectivity index (χ2n) is 10.2. The van der Waals surface area contributed by atoms with Gasteiger partial charge in [-0.3, -0.25) is 4.79 Å². The molecule has 4 atom stereocenters. The van der Waals surface area contributed by atoms with E-state index in [9.17, 15) is 15.0 Å². The summed E-state index contributed by atoms with van der Waals surface area (Å²) >= 11 is 0. The van der Waals surface area contributed by atoms with E-state index in [1.165, 1.54) is 16.7 Å². The van der Waals surface area contributed by atoms with Crippen molar-refractivity contribution in [2.24, 2.45) is 11.8 Å². The number of aliphatic carboxylic acids is 1. The highest BCUT2D eigenvalue weighted by Crippen LogP contribution is 2.40. The summed E-state index contributed by atoms with van der Waals surface area (Å²) in [4.78, 5) is 13.6. The van der Waals surface area contributed by atoms with Crippen molar-refractivity contribution in [2.45, 2.75) is 51.4 Å². The average molecular weight is 517 g/mol. The molecule has 1 aromatic rings. The monoisotopic (exact) mass is 516 g/mol.